The van der Waals surface area contributed by atoms with Crippen molar-refractivity contribution in [1.29, 1.82) is 0 Å². The van der Waals surface area contributed by atoms with Crippen LogP contribution in [-0.2, 0) is 16.1 Å². The Morgan fingerprint density at radius 1 is 1.03 bits per heavy atom. The van der Waals surface area contributed by atoms with Crippen LogP contribution < -0.4 is 5.32 Å². The summed E-state index contributed by atoms with van der Waals surface area (Å²) >= 11 is 1.45. The van der Waals surface area contributed by atoms with Crippen molar-refractivity contribution in [2.45, 2.75) is 18.4 Å². The van der Waals surface area contributed by atoms with E-state index in [4.69, 9.17) is 4.74 Å². The number of ether oxygens (including phenoxy) is 1. The second-order valence-corrected chi connectivity index (χ2v) is 8.42. The molecule has 0 bridgehead atoms. The summed E-state index contributed by atoms with van der Waals surface area (Å²) < 4.78 is 20.6. The lowest BCUT2D eigenvalue weighted by Gasteiger charge is -2.06. The molecule has 1 amide bonds. The van der Waals surface area contributed by atoms with Gasteiger partial charge in [-0.2, -0.15) is 0 Å². The van der Waals surface area contributed by atoms with Crippen molar-refractivity contribution in [2.75, 3.05) is 17.7 Å². The van der Waals surface area contributed by atoms with Crippen LogP contribution in [0.25, 0.3) is 10.9 Å². The second-order valence-electron chi connectivity index (χ2n) is 7.40. The van der Waals surface area contributed by atoms with Gasteiger partial charge in [-0.05, 0) is 55.0 Å². The number of para-hydroxylation sites is 1. The number of benzene rings is 3. The Bertz CT molecular complexity index is 1280. The van der Waals surface area contributed by atoms with Crippen LogP contribution in [0.2, 0.25) is 0 Å². The van der Waals surface area contributed by atoms with Gasteiger partial charge in [-0.15, -0.1) is 11.8 Å². The highest BCUT2D eigenvalue weighted by Crippen LogP contribution is 2.30. The van der Waals surface area contributed by atoms with E-state index in [1.807, 2.05) is 36.5 Å². The van der Waals surface area contributed by atoms with Gasteiger partial charge in [0.15, 0.2) is 0 Å². The van der Waals surface area contributed by atoms with Crippen LogP contribution in [0.3, 0.4) is 0 Å². The number of hydrogen-bond donors (Lipinski definition) is 1. The van der Waals surface area contributed by atoms with E-state index in [2.05, 4.69) is 9.88 Å². The smallest absolute Gasteiger partial charge is 0.338 e. The molecule has 4 rings (SSSR count). The molecule has 0 fully saturated rings. The zero-order valence-electron chi connectivity index (χ0n) is 18.1. The number of aromatic nitrogens is 1. The number of anilines is 1. The largest absolute Gasteiger partial charge is 0.462 e. The second kappa shape index (κ2) is 10.4. The Hall–Kier alpha value is -3.58. The number of rotatable bonds is 8. The van der Waals surface area contributed by atoms with Crippen LogP contribution in [0.4, 0.5) is 10.1 Å². The fourth-order valence-electron chi connectivity index (χ4n) is 3.54. The number of nitrogens with zero attached hydrogens (tertiary/aromatic N) is 1. The summed E-state index contributed by atoms with van der Waals surface area (Å²) in [6.45, 7) is 2.61. The van der Waals surface area contributed by atoms with Crippen molar-refractivity contribution >= 4 is 40.2 Å². The number of esters is 1. The average molecular weight is 463 g/mol. The zero-order chi connectivity index (χ0) is 23.2. The normalized spacial score (nSPS) is 10.8. The summed E-state index contributed by atoms with van der Waals surface area (Å²) in [5.41, 5.74) is 2.95. The summed E-state index contributed by atoms with van der Waals surface area (Å²) in [6.07, 6.45) is 2.00. The standard InChI is InChI=1S/C26H23FN2O3S/c1-2-32-26(31)19-10-12-21(13-11-19)28-25(30)17-33-24-16-29(23-9-4-3-8-22(23)24)15-18-6-5-7-20(27)14-18/h3-14,16H,2,15,17H2,1H3,(H,28,30). The summed E-state index contributed by atoms with van der Waals surface area (Å²) in [6, 6.07) is 21.1. The number of carbonyl (C=O) groups is 2. The highest BCUT2D eigenvalue weighted by atomic mass is 32.2. The van der Waals surface area contributed by atoms with Gasteiger partial charge in [0.05, 0.1) is 17.9 Å². The minimum atomic E-state index is -0.388. The third-order valence-corrected chi connectivity index (χ3v) is 6.08. The molecule has 1 N–H and O–H groups in total. The van der Waals surface area contributed by atoms with E-state index in [0.717, 1.165) is 21.4 Å². The van der Waals surface area contributed by atoms with E-state index in [0.29, 0.717) is 24.4 Å². The Morgan fingerprint density at radius 2 is 1.82 bits per heavy atom. The quantitative estimate of drug-likeness (QED) is 0.268. The number of carbonyl (C=O) groups excluding carboxylic acids is 2. The molecule has 3 aromatic carbocycles. The molecule has 0 aliphatic rings. The first-order valence-corrected chi connectivity index (χ1v) is 11.5. The van der Waals surface area contributed by atoms with Crippen LogP contribution in [0.15, 0.2) is 83.9 Å². The Labute approximate surface area is 195 Å². The van der Waals surface area contributed by atoms with Crippen molar-refractivity contribution in [3.05, 3.63) is 95.9 Å². The van der Waals surface area contributed by atoms with Crippen molar-refractivity contribution in [3.8, 4) is 0 Å². The molecule has 0 atom stereocenters. The Balaban J connectivity index is 1.43. The molecule has 5 nitrogen and oxygen atoms in total. The lowest BCUT2D eigenvalue weighted by Crippen LogP contribution is -2.14. The van der Waals surface area contributed by atoms with Gasteiger partial charge < -0.3 is 14.6 Å². The Kier molecular flexibility index (Phi) is 7.10. The van der Waals surface area contributed by atoms with E-state index < -0.39 is 0 Å². The monoisotopic (exact) mass is 462 g/mol. The summed E-state index contributed by atoms with van der Waals surface area (Å²) in [5, 5.41) is 3.90. The molecular formula is C26H23FN2O3S. The maximum absolute atomic E-state index is 13.6. The van der Waals surface area contributed by atoms with Crippen LogP contribution in [0, 0.1) is 5.82 Å². The number of halogens is 1. The maximum atomic E-state index is 13.6. The fraction of sp³-hybridized carbons (Fsp3) is 0.154. The highest BCUT2D eigenvalue weighted by Gasteiger charge is 2.12. The van der Waals surface area contributed by atoms with Gasteiger partial charge in [-0.3, -0.25) is 4.79 Å². The van der Waals surface area contributed by atoms with Gasteiger partial charge >= 0.3 is 5.97 Å². The van der Waals surface area contributed by atoms with Crippen LogP contribution in [0.5, 0.6) is 0 Å². The zero-order valence-corrected chi connectivity index (χ0v) is 18.9. The molecule has 168 valence electrons. The summed E-state index contributed by atoms with van der Waals surface area (Å²) in [5.74, 6) is -0.565. The SMILES string of the molecule is CCOC(=O)c1ccc(NC(=O)CSc2cn(Cc3cccc(F)c3)c3ccccc23)cc1. The van der Waals surface area contributed by atoms with Gasteiger partial charge in [0.2, 0.25) is 5.91 Å². The minimum absolute atomic E-state index is 0.147. The number of thioether (sulfide) groups is 1. The molecule has 0 spiro atoms. The van der Waals surface area contributed by atoms with Crippen molar-refractivity contribution in [2.24, 2.45) is 0 Å². The van der Waals surface area contributed by atoms with E-state index in [1.54, 1.807) is 37.3 Å². The first-order chi connectivity index (χ1) is 16.0. The first-order valence-electron chi connectivity index (χ1n) is 10.6. The average Bonchev–Trinajstić information content (AvgIpc) is 3.16. The van der Waals surface area contributed by atoms with Gasteiger partial charge in [0.1, 0.15) is 5.82 Å². The fourth-order valence-corrected chi connectivity index (χ4v) is 4.42. The molecule has 4 aromatic rings. The van der Waals surface area contributed by atoms with Gasteiger partial charge in [-0.25, -0.2) is 9.18 Å². The van der Waals surface area contributed by atoms with Crippen LogP contribution in [-0.4, -0.2) is 28.8 Å². The number of amides is 1. The maximum Gasteiger partial charge on any atom is 0.338 e. The number of nitrogens with one attached hydrogen (secondary N) is 1. The third kappa shape index (κ3) is 5.62. The predicted molar refractivity (Wildman–Crippen MR) is 129 cm³/mol. The lowest BCUT2D eigenvalue weighted by atomic mass is 10.2. The molecule has 0 aliphatic carbocycles. The molecular weight excluding hydrogens is 439 g/mol. The summed E-state index contributed by atoms with van der Waals surface area (Å²) in [7, 11) is 0. The molecule has 1 heterocycles. The topological polar surface area (TPSA) is 60.3 Å². The van der Waals surface area contributed by atoms with E-state index in [1.165, 1.54) is 23.9 Å². The van der Waals surface area contributed by atoms with Crippen LogP contribution >= 0.6 is 11.8 Å². The molecule has 33 heavy (non-hydrogen) atoms. The van der Waals surface area contributed by atoms with E-state index in [9.17, 15) is 14.0 Å². The van der Waals surface area contributed by atoms with E-state index >= 15 is 0 Å². The predicted octanol–water partition coefficient (Wildman–Crippen LogP) is 5.74. The third-order valence-electron chi connectivity index (χ3n) is 5.03. The van der Waals surface area contributed by atoms with Gasteiger partial charge in [0.25, 0.3) is 0 Å². The Morgan fingerprint density at radius 3 is 2.58 bits per heavy atom. The number of fused-ring (bicyclic) bond motifs is 1. The molecule has 1 aromatic heterocycles. The van der Waals surface area contributed by atoms with Crippen molar-refractivity contribution in [1.82, 2.24) is 4.57 Å². The van der Waals surface area contributed by atoms with Gasteiger partial charge in [-0.1, -0.05) is 30.3 Å². The van der Waals surface area contributed by atoms with Crippen molar-refractivity contribution < 1.29 is 18.7 Å². The molecule has 7 heteroatoms. The molecule has 0 saturated carbocycles. The molecule has 0 aliphatic heterocycles. The summed E-state index contributed by atoms with van der Waals surface area (Å²) in [4.78, 5) is 25.2. The van der Waals surface area contributed by atoms with E-state index in [-0.39, 0.29) is 23.4 Å². The lowest BCUT2D eigenvalue weighted by molar-refractivity contribution is -0.113. The first kappa shape index (κ1) is 22.6. The minimum Gasteiger partial charge on any atom is -0.462 e. The van der Waals surface area contributed by atoms with Crippen LogP contribution in [0.1, 0.15) is 22.8 Å². The molecule has 0 unspecified atom stereocenters. The van der Waals surface area contributed by atoms with Crippen molar-refractivity contribution in [3.63, 3.8) is 0 Å². The number of hydrogen-bond acceptors (Lipinski definition) is 4. The molecule has 0 radical (unpaired) electrons. The molecule has 0 saturated heterocycles. The highest BCUT2D eigenvalue weighted by molar-refractivity contribution is 8.00. The van der Waals surface area contributed by atoms with Gasteiger partial charge in [0, 0.05) is 34.2 Å².